The van der Waals surface area contributed by atoms with Gasteiger partial charge in [0.25, 0.3) is 5.91 Å². The van der Waals surface area contributed by atoms with Gasteiger partial charge in [0.05, 0.1) is 19.0 Å². The summed E-state index contributed by atoms with van der Waals surface area (Å²) in [5, 5.41) is 8.74. The minimum absolute atomic E-state index is 0.234. The predicted molar refractivity (Wildman–Crippen MR) is 75.8 cm³/mol. The zero-order chi connectivity index (χ0) is 15.1. The molecule has 2 aromatic heterocycles. The number of amides is 1. The van der Waals surface area contributed by atoms with E-state index in [1.54, 1.807) is 29.4 Å². The number of nitriles is 1. The number of rotatable bonds is 6. The van der Waals surface area contributed by atoms with Crippen molar-refractivity contribution in [1.82, 2.24) is 9.88 Å². The average molecular weight is 284 g/mol. The van der Waals surface area contributed by atoms with Crippen LogP contribution in [0.3, 0.4) is 0 Å². The van der Waals surface area contributed by atoms with Gasteiger partial charge in [-0.05, 0) is 23.8 Å². The molecule has 2 aromatic rings. The molecule has 0 spiro atoms. The lowest BCUT2D eigenvalue weighted by atomic mass is 10.2. The molecule has 21 heavy (non-hydrogen) atoms. The standard InChI is InChI=1S/C15H16N4O2/c16-6-2-8-19(11-12-3-1-7-18-10-12)15(20)14-5-4-13(9-17)21-14/h1,3-5,7,10H,2,8-9,11,17H2. The molecule has 0 aliphatic heterocycles. The summed E-state index contributed by atoms with van der Waals surface area (Å²) in [5.41, 5.74) is 6.37. The van der Waals surface area contributed by atoms with E-state index in [4.69, 9.17) is 15.4 Å². The number of nitrogens with zero attached hydrogens (tertiary/aromatic N) is 3. The van der Waals surface area contributed by atoms with Crippen molar-refractivity contribution >= 4 is 5.91 Å². The van der Waals surface area contributed by atoms with Crippen LogP contribution in [0.1, 0.15) is 28.3 Å². The summed E-state index contributed by atoms with van der Waals surface area (Å²) in [5.74, 6) is 0.533. The van der Waals surface area contributed by atoms with Gasteiger partial charge < -0.3 is 15.1 Å². The summed E-state index contributed by atoms with van der Waals surface area (Å²) in [7, 11) is 0. The lowest BCUT2D eigenvalue weighted by Gasteiger charge is -2.20. The van der Waals surface area contributed by atoms with Crippen LogP contribution in [0.5, 0.6) is 0 Å². The summed E-state index contributed by atoms with van der Waals surface area (Å²) in [6.07, 6.45) is 3.63. The molecule has 2 heterocycles. The highest BCUT2D eigenvalue weighted by molar-refractivity contribution is 5.91. The molecule has 6 heteroatoms. The topological polar surface area (TPSA) is 96.2 Å². The highest BCUT2D eigenvalue weighted by Crippen LogP contribution is 2.13. The molecule has 0 aliphatic rings. The number of nitrogens with two attached hydrogens (primary N) is 1. The summed E-state index contributed by atoms with van der Waals surface area (Å²) in [6.45, 7) is 0.962. The van der Waals surface area contributed by atoms with Gasteiger partial charge in [-0.1, -0.05) is 6.07 Å². The Hall–Kier alpha value is -2.65. The van der Waals surface area contributed by atoms with E-state index in [9.17, 15) is 4.79 Å². The number of hydrogen-bond donors (Lipinski definition) is 1. The Morgan fingerprint density at radius 2 is 2.29 bits per heavy atom. The second kappa shape index (κ2) is 7.22. The first-order valence-corrected chi connectivity index (χ1v) is 6.58. The summed E-state index contributed by atoms with van der Waals surface area (Å²) in [6, 6.07) is 9.02. The van der Waals surface area contributed by atoms with Crippen molar-refractivity contribution in [3.63, 3.8) is 0 Å². The monoisotopic (exact) mass is 284 g/mol. The molecule has 108 valence electrons. The molecule has 2 N–H and O–H groups in total. The molecule has 0 fully saturated rings. The molecule has 0 atom stereocenters. The predicted octanol–water partition coefficient (Wildman–Crippen LogP) is 1.69. The molecule has 2 rings (SSSR count). The first kappa shape index (κ1) is 14.8. The van der Waals surface area contributed by atoms with Crippen LogP contribution in [0.2, 0.25) is 0 Å². The maximum atomic E-state index is 12.4. The fourth-order valence-electron chi connectivity index (χ4n) is 1.91. The second-order valence-corrected chi connectivity index (χ2v) is 4.47. The number of hydrogen-bond acceptors (Lipinski definition) is 5. The van der Waals surface area contributed by atoms with Gasteiger partial charge in [-0.15, -0.1) is 0 Å². The van der Waals surface area contributed by atoms with Crippen molar-refractivity contribution in [3.05, 3.63) is 53.7 Å². The maximum absolute atomic E-state index is 12.4. The molecular weight excluding hydrogens is 268 g/mol. The third kappa shape index (κ3) is 3.91. The van der Waals surface area contributed by atoms with E-state index in [0.717, 1.165) is 5.56 Å². The molecular formula is C15H16N4O2. The third-order valence-corrected chi connectivity index (χ3v) is 2.95. The van der Waals surface area contributed by atoms with Crippen LogP contribution in [0.25, 0.3) is 0 Å². The quantitative estimate of drug-likeness (QED) is 0.870. The van der Waals surface area contributed by atoms with Crippen molar-refractivity contribution in [3.8, 4) is 6.07 Å². The van der Waals surface area contributed by atoms with E-state index < -0.39 is 0 Å². The normalized spacial score (nSPS) is 10.1. The molecule has 0 saturated carbocycles. The van der Waals surface area contributed by atoms with Gasteiger partial charge in [-0.25, -0.2) is 0 Å². The summed E-state index contributed by atoms with van der Waals surface area (Å²) in [4.78, 5) is 18.0. The van der Waals surface area contributed by atoms with Gasteiger partial charge in [0.15, 0.2) is 5.76 Å². The Labute approximate surface area is 122 Å². The Balaban J connectivity index is 2.15. The number of carbonyl (C=O) groups is 1. The van der Waals surface area contributed by atoms with E-state index >= 15 is 0 Å². The van der Waals surface area contributed by atoms with Gasteiger partial charge in [0, 0.05) is 25.5 Å². The molecule has 1 amide bonds. The largest absolute Gasteiger partial charge is 0.455 e. The Kier molecular flexibility index (Phi) is 5.07. The third-order valence-electron chi connectivity index (χ3n) is 2.95. The fourth-order valence-corrected chi connectivity index (χ4v) is 1.91. The fraction of sp³-hybridized carbons (Fsp3) is 0.267. The van der Waals surface area contributed by atoms with Gasteiger partial charge in [0.1, 0.15) is 5.76 Å². The molecule has 0 aliphatic carbocycles. The van der Waals surface area contributed by atoms with Crippen molar-refractivity contribution in [2.24, 2.45) is 5.73 Å². The zero-order valence-corrected chi connectivity index (χ0v) is 11.5. The van der Waals surface area contributed by atoms with E-state index in [2.05, 4.69) is 4.98 Å². The molecule has 0 radical (unpaired) electrons. The van der Waals surface area contributed by atoms with Gasteiger partial charge in [-0.3, -0.25) is 9.78 Å². The number of carbonyl (C=O) groups excluding carboxylic acids is 1. The Morgan fingerprint density at radius 3 is 2.90 bits per heavy atom. The van der Waals surface area contributed by atoms with Gasteiger partial charge >= 0.3 is 0 Å². The summed E-state index contributed by atoms with van der Waals surface area (Å²) >= 11 is 0. The Bertz CT molecular complexity index is 631. The highest BCUT2D eigenvalue weighted by atomic mass is 16.4. The first-order chi connectivity index (χ1) is 10.2. The van der Waals surface area contributed by atoms with E-state index in [1.165, 1.54) is 0 Å². The van der Waals surface area contributed by atoms with Crippen molar-refractivity contribution < 1.29 is 9.21 Å². The van der Waals surface area contributed by atoms with Crippen LogP contribution in [-0.4, -0.2) is 22.3 Å². The zero-order valence-electron chi connectivity index (χ0n) is 11.5. The number of aromatic nitrogens is 1. The van der Waals surface area contributed by atoms with Crippen LogP contribution in [0, 0.1) is 11.3 Å². The highest BCUT2D eigenvalue weighted by Gasteiger charge is 2.19. The van der Waals surface area contributed by atoms with Crippen LogP contribution < -0.4 is 5.73 Å². The van der Waals surface area contributed by atoms with Crippen molar-refractivity contribution in [2.45, 2.75) is 19.5 Å². The first-order valence-electron chi connectivity index (χ1n) is 6.58. The van der Waals surface area contributed by atoms with Crippen LogP contribution in [0.15, 0.2) is 41.1 Å². The summed E-state index contributed by atoms with van der Waals surface area (Å²) < 4.78 is 5.38. The minimum Gasteiger partial charge on any atom is -0.455 e. The number of pyridine rings is 1. The van der Waals surface area contributed by atoms with E-state index in [1.807, 2.05) is 18.2 Å². The smallest absolute Gasteiger partial charge is 0.289 e. The van der Waals surface area contributed by atoms with Crippen molar-refractivity contribution in [1.29, 1.82) is 5.26 Å². The van der Waals surface area contributed by atoms with Gasteiger partial charge in [0.2, 0.25) is 0 Å². The second-order valence-electron chi connectivity index (χ2n) is 4.47. The van der Waals surface area contributed by atoms with E-state index in [-0.39, 0.29) is 24.6 Å². The minimum atomic E-state index is -0.256. The molecule has 0 unspecified atom stereocenters. The molecule has 0 bridgehead atoms. The van der Waals surface area contributed by atoms with Crippen molar-refractivity contribution in [2.75, 3.05) is 6.54 Å². The number of furan rings is 1. The molecule has 0 saturated heterocycles. The lowest BCUT2D eigenvalue weighted by molar-refractivity contribution is 0.0712. The van der Waals surface area contributed by atoms with Crippen LogP contribution in [-0.2, 0) is 13.1 Å². The SMILES string of the molecule is N#CCCN(Cc1cccnc1)C(=O)c1ccc(CN)o1. The lowest BCUT2D eigenvalue weighted by Crippen LogP contribution is -2.31. The van der Waals surface area contributed by atoms with Gasteiger partial charge in [-0.2, -0.15) is 5.26 Å². The van der Waals surface area contributed by atoms with E-state index in [0.29, 0.717) is 18.8 Å². The maximum Gasteiger partial charge on any atom is 0.289 e. The van der Waals surface area contributed by atoms with Crippen LogP contribution >= 0.6 is 0 Å². The Morgan fingerprint density at radius 1 is 1.43 bits per heavy atom. The molecule has 0 aromatic carbocycles. The van der Waals surface area contributed by atoms with Crippen LogP contribution in [0.4, 0.5) is 0 Å². The average Bonchev–Trinajstić information content (AvgIpc) is 3.00. The molecule has 6 nitrogen and oxygen atoms in total.